The van der Waals surface area contributed by atoms with Crippen molar-refractivity contribution in [1.82, 2.24) is 14.9 Å². The molecule has 20 heavy (non-hydrogen) atoms. The molecule has 1 aliphatic heterocycles. The van der Waals surface area contributed by atoms with E-state index in [1.165, 1.54) is 0 Å². The Balaban J connectivity index is 1.93. The fourth-order valence-corrected chi connectivity index (χ4v) is 3.32. The number of hydrogen-bond acceptors (Lipinski definition) is 5. The molecule has 102 valence electrons. The Labute approximate surface area is 122 Å². The van der Waals surface area contributed by atoms with Gasteiger partial charge in [-0.3, -0.25) is 9.97 Å². The Morgan fingerprint density at radius 1 is 1.30 bits per heavy atom. The molecule has 2 aromatic rings. The number of aliphatic hydroxyl groups is 1. The molecule has 0 aliphatic carbocycles. The third-order valence-corrected chi connectivity index (χ3v) is 4.46. The van der Waals surface area contributed by atoms with E-state index in [-0.39, 0.29) is 0 Å². The molecule has 1 aliphatic rings. The lowest BCUT2D eigenvalue weighted by Gasteiger charge is -2.34. The Hall–Kier alpha value is -1.85. The molecule has 4 nitrogen and oxygen atoms in total. The minimum atomic E-state index is -1.08. The van der Waals surface area contributed by atoms with Gasteiger partial charge in [-0.05, 0) is 18.2 Å². The molecule has 0 radical (unpaired) electrons. The van der Waals surface area contributed by atoms with Crippen LogP contribution < -0.4 is 0 Å². The molecule has 1 atom stereocenters. The molecule has 0 bridgehead atoms. The van der Waals surface area contributed by atoms with Crippen molar-refractivity contribution in [3.8, 4) is 0 Å². The molecule has 1 unspecified atom stereocenters. The summed E-state index contributed by atoms with van der Waals surface area (Å²) in [6.45, 7) is 4.56. The first-order valence-electron chi connectivity index (χ1n) is 6.32. The Kier molecular flexibility index (Phi) is 3.46. The van der Waals surface area contributed by atoms with Crippen molar-refractivity contribution < 1.29 is 5.11 Å². The maximum atomic E-state index is 11.0. The number of rotatable bonds is 3. The summed E-state index contributed by atoms with van der Waals surface area (Å²) in [4.78, 5) is 10.3. The molecule has 2 aromatic heterocycles. The lowest BCUT2D eigenvalue weighted by molar-refractivity contribution is -0.0689. The van der Waals surface area contributed by atoms with Crippen molar-refractivity contribution in [2.75, 3.05) is 5.75 Å². The zero-order valence-electron chi connectivity index (χ0n) is 10.9. The summed E-state index contributed by atoms with van der Waals surface area (Å²) in [5.41, 5.74) is 0.605. The van der Waals surface area contributed by atoms with Crippen molar-refractivity contribution in [2.24, 2.45) is 0 Å². The second-order valence-electron chi connectivity index (χ2n) is 4.65. The molecule has 0 spiro atoms. The summed E-state index contributed by atoms with van der Waals surface area (Å²) in [6, 6.07) is 9.48. The summed E-state index contributed by atoms with van der Waals surface area (Å²) in [5.74, 6) is 0.546. The van der Waals surface area contributed by atoms with E-state index in [0.29, 0.717) is 12.3 Å². The molecule has 1 N–H and O–H groups in total. The first kappa shape index (κ1) is 13.1. The molecule has 0 aromatic carbocycles. The number of pyridine rings is 2. The zero-order valence-corrected chi connectivity index (χ0v) is 11.8. The Morgan fingerprint density at radius 2 is 2.20 bits per heavy atom. The normalized spacial score (nSPS) is 22.2. The van der Waals surface area contributed by atoms with E-state index in [2.05, 4.69) is 16.5 Å². The van der Waals surface area contributed by atoms with Crippen LogP contribution in [0.5, 0.6) is 0 Å². The van der Waals surface area contributed by atoms with Crippen molar-refractivity contribution in [1.29, 1.82) is 0 Å². The SMILES string of the molecule is C=C1SCC(O)(c2cccnc2)N1Cc1ccccn1. The van der Waals surface area contributed by atoms with Crippen molar-refractivity contribution in [2.45, 2.75) is 12.3 Å². The average molecular weight is 285 g/mol. The van der Waals surface area contributed by atoms with Gasteiger partial charge in [0.2, 0.25) is 0 Å². The van der Waals surface area contributed by atoms with E-state index in [0.717, 1.165) is 16.3 Å². The molecule has 3 rings (SSSR count). The van der Waals surface area contributed by atoms with Crippen LogP contribution in [0.2, 0.25) is 0 Å². The van der Waals surface area contributed by atoms with Crippen LogP contribution in [0.3, 0.4) is 0 Å². The molecule has 3 heterocycles. The topological polar surface area (TPSA) is 49.3 Å². The van der Waals surface area contributed by atoms with Crippen LogP contribution in [-0.2, 0) is 12.3 Å². The minimum absolute atomic E-state index is 0.526. The van der Waals surface area contributed by atoms with Crippen LogP contribution in [0.1, 0.15) is 11.3 Å². The monoisotopic (exact) mass is 285 g/mol. The van der Waals surface area contributed by atoms with E-state index >= 15 is 0 Å². The first-order valence-corrected chi connectivity index (χ1v) is 7.31. The highest BCUT2D eigenvalue weighted by Crippen LogP contribution is 2.44. The largest absolute Gasteiger partial charge is 0.366 e. The van der Waals surface area contributed by atoms with Gasteiger partial charge in [0.1, 0.15) is 0 Å². The number of thioether (sulfide) groups is 1. The minimum Gasteiger partial charge on any atom is -0.366 e. The van der Waals surface area contributed by atoms with Crippen molar-refractivity contribution in [3.63, 3.8) is 0 Å². The maximum absolute atomic E-state index is 11.0. The smallest absolute Gasteiger partial charge is 0.176 e. The standard InChI is InChI=1S/C15H15N3OS/c1-12-18(10-14-6-2-3-8-17-14)15(19,11-20-12)13-5-4-7-16-9-13/h2-9,19H,1,10-11H2. The molecule has 0 saturated carbocycles. The fraction of sp³-hybridized carbons (Fsp3) is 0.200. The van der Waals surface area contributed by atoms with Crippen LogP contribution in [0, 0.1) is 0 Å². The van der Waals surface area contributed by atoms with E-state index in [1.54, 1.807) is 30.4 Å². The van der Waals surface area contributed by atoms with Gasteiger partial charge in [-0.25, -0.2) is 0 Å². The Morgan fingerprint density at radius 3 is 2.90 bits per heavy atom. The van der Waals surface area contributed by atoms with E-state index in [1.807, 2.05) is 35.2 Å². The number of aromatic nitrogens is 2. The quantitative estimate of drug-likeness (QED) is 0.938. The van der Waals surface area contributed by atoms with E-state index in [9.17, 15) is 5.11 Å². The second kappa shape index (κ2) is 5.26. The van der Waals surface area contributed by atoms with Gasteiger partial charge in [0.05, 0.1) is 23.0 Å². The van der Waals surface area contributed by atoms with Crippen LogP contribution in [0.4, 0.5) is 0 Å². The zero-order chi connectivity index (χ0) is 14.0. The lowest BCUT2D eigenvalue weighted by atomic mass is 10.1. The van der Waals surface area contributed by atoms with Crippen molar-refractivity contribution in [3.05, 3.63) is 71.8 Å². The van der Waals surface area contributed by atoms with Crippen molar-refractivity contribution >= 4 is 11.8 Å². The molecular weight excluding hydrogens is 270 g/mol. The summed E-state index contributed by atoms with van der Waals surface area (Å²) >= 11 is 1.55. The summed E-state index contributed by atoms with van der Waals surface area (Å²) in [7, 11) is 0. The van der Waals surface area contributed by atoms with Gasteiger partial charge in [-0.15, -0.1) is 11.8 Å². The molecular formula is C15H15N3OS. The average Bonchev–Trinajstić information content (AvgIpc) is 2.79. The van der Waals surface area contributed by atoms with Crippen LogP contribution >= 0.6 is 11.8 Å². The van der Waals surface area contributed by atoms with Gasteiger partial charge in [0.25, 0.3) is 0 Å². The predicted molar refractivity (Wildman–Crippen MR) is 79.5 cm³/mol. The molecule has 5 heteroatoms. The van der Waals surface area contributed by atoms with Gasteiger partial charge in [-0.2, -0.15) is 0 Å². The molecule has 1 fully saturated rings. The van der Waals surface area contributed by atoms with Gasteiger partial charge < -0.3 is 10.0 Å². The summed E-state index contributed by atoms with van der Waals surface area (Å²) < 4.78 is 0. The maximum Gasteiger partial charge on any atom is 0.176 e. The van der Waals surface area contributed by atoms with Gasteiger partial charge in [0, 0.05) is 24.2 Å². The Bertz CT molecular complexity index is 605. The van der Waals surface area contributed by atoms with Crippen LogP contribution in [0.15, 0.2) is 60.5 Å². The lowest BCUT2D eigenvalue weighted by Crippen LogP contribution is -2.42. The molecule has 0 amide bonds. The predicted octanol–water partition coefficient (Wildman–Crippen LogP) is 2.34. The highest BCUT2D eigenvalue weighted by molar-refractivity contribution is 8.03. The van der Waals surface area contributed by atoms with Crippen LogP contribution in [0.25, 0.3) is 0 Å². The fourth-order valence-electron chi connectivity index (χ4n) is 2.26. The third-order valence-electron chi connectivity index (χ3n) is 3.36. The highest BCUT2D eigenvalue weighted by Gasteiger charge is 2.43. The second-order valence-corrected chi connectivity index (χ2v) is 5.70. The number of hydrogen-bond donors (Lipinski definition) is 1. The van der Waals surface area contributed by atoms with Gasteiger partial charge in [0.15, 0.2) is 5.72 Å². The third kappa shape index (κ3) is 2.30. The number of nitrogens with zero attached hydrogens (tertiary/aromatic N) is 3. The highest BCUT2D eigenvalue weighted by atomic mass is 32.2. The summed E-state index contributed by atoms with van der Waals surface area (Å²) in [5, 5.41) is 11.9. The van der Waals surface area contributed by atoms with E-state index < -0.39 is 5.72 Å². The van der Waals surface area contributed by atoms with Crippen LogP contribution in [-0.4, -0.2) is 25.7 Å². The van der Waals surface area contributed by atoms with E-state index in [4.69, 9.17) is 0 Å². The first-order chi connectivity index (χ1) is 9.70. The summed E-state index contributed by atoms with van der Waals surface area (Å²) in [6.07, 6.45) is 5.15. The van der Waals surface area contributed by atoms with Gasteiger partial charge >= 0.3 is 0 Å². The van der Waals surface area contributed by atoms with Gasteiger partial charge in [-0.1, -0.05) is 18.7 Å². The molecule has 1 saturated heterocycles.